The van der Waals surface area contributed by atoms with Crippen molar-refractivity contribution >= 4 is 11.3 Å². The largest absolute Gasteiger partial charge is 0.497 e. The minimum atomic E-state index is 0.680. The number of methoxy groups -OCH3 is 1. The Kier molecular flexibility index (Phi) is 5.49. The maximum atomic E-state index is 5.15. The minimum Gasteiger partial charge on any atom is -0.497 e. The first-order valence-corrected chi connectivity index (χ1v) is 7.68. The lowest BCUT2D eigenvalue weighted by Crippen LogP contribution is -2.22. The molecule has 0 saturated heterocycles. The molecule has 4 nitrogen and oxygen atoms in total. The van der Waals surface area contributed by atoms with Gasteiger partial charge in [0.15, 0.2) is 0 Å². The predicted octanol–water partition coefficient (Wildman–Crippen LogP) is 3.00. The summed E-state index contributed by atoms with van der Waals surface area (Å²) in [5, 5.41) is 14.0. The molecule has 0 unspecified atom stereocenters. The first-order chi connectivity index (χ1) is 9.69. The van der Waals surface area contributed by atoms with Gasteiger partial charge in [-0.15, -0.1) is 10.2 Å². The number of nitrogens with zero attached hydrogens (tertiary/aromatic N) is 2. The highest BCUT2D eigenvalue weighted by Crippen LogP contribution is 2.25. The summed E-state index contributed by atoms with van der Waals surface area (Å²) in [4.78, 5) is 0. The first-order valence-electron chi connectivity index (χ1n) is 6.86. The van der Waals surface area contributed by atoms with Crippen LogP contribution in [0.25, 0.3) is 10.6 Å². The molecule has 108 valence electrons. The van der Waals surface area contributed by atoms with Gasteiger partial charge < -0.3 is 10.1 Å². The Balaban J connectivity index is 1.90. The van der Waals surface area contributed by atoms with E-state index in [-0.39, 0.29) is 0 Å². The minimum absolute atomic E-state index is 0.680. The second-order valence-corrected chi connectivity index (χ2v) is 6.14. The van der Waals surface area contributed by atoms with Gasteiger partial charge in [0, 0.05) is 18.5 Å². The van der Waals surface area contributed by atoms with Crippen LogP contribution >= 0.6 is 11.3 Å². The zero-order chi connectivity index (χ0) is 14.4. The lowest BCUT2D eigenvalue weighted by atomic mass is 10.2. The van der Waals surface area contributed by atoms with Crippen molar-refractivity contribution in [1.29, 1.82) is 0 Å². The van der Waals surface area contributed by atoms with E-state index in [9.17, 15) is 0 Å². The van der Waals surface area contributed by atoms with Gasteiger partial charge in [0.1, 0.15) is 15.8 Å². The second kappa shape index (κ2) is 7.36. The Morgan fingerprint density at radius 1 is 1.20 bits per heavy atom. The average Bonchev–Trinajstić information content (AvgIpc) is 2.92. The zero-order valence-corrected chi connectivity index (χ0v) is 13.0. The summed E-state index contributed by atoms with van der Waals surface area (Å²) in [6, 6.07) is 7.92. The van der Waals surface area contributed by atoms with E-state index in [2.05, 4.69) is 29.4 Å². The van der Waals surface area contributed by atoms with Gasteiger partial charge in [-0.3, -0.25) is 0 Å². The molecule has 0 radical (unpaired) electrons. The Hall–Kier alpha value is -1.46. The normalized spacial score (nSPS) is 11.0. The highest BCUT2D eigenvalue weighted by atomic mass is 32.1. The fourth-order valence-corrected chi connectivity index (χ4v) is 2.64. The highest BCUT2D eigenvalue weighted by Gasteiger charge is 2.06. The number of aromatic nitrogens is 2. The van der Waals surface area contributed by atoms with Crippen LogP contribution in [0.3, 0.4) is 0 Å². The Bertz CT molecular complexity index is 522. The quantitative estimate of drug-likeness (QED) is 0.797. The van der Waals surface area contributed by atoms with Crippen LogP contribution in [0, 0.1) is 5.92 Å². The molecule has 20 heavy (non-hydrogen) atoms. The van der Waals surface area contributed by atoms with Crippen LogP contribution < -0.4 is 10.1 Å². The van der Waals surface area contributed by atoms with Gasteiger partial charge in [-0.05, 0) is 36.7 Å². The van der Waals surface area contributed by atoms with E-state index in [1.54, 1.807) is 18.4 Å². The summed E-state index contributed by atoms with van der Waals surface area (Å²) in [5.74, 6) is 1.54. The molecule has 0 aliphatic carbocycles. The molecular weight excluding hydrogens is 270 g/mol. The van der Waals surface area contributed by atoms with Crippen LogP contribution in [-0.2, 0) is 6.42 Å². The smallest absolute Gasteiger partial charge is 0.147 e. The van der Waals surface area contributed by atoms with Crippen LogP contribution in [0.1, 0.15) is 18.9 Å². The molecule has 1 aromatic heterocycles. The second-order valence-electron chi connectivity index (χ2n) is 5.08. The van der Waals surface area contributed by atoms with Crippen LogP contribution in [-0.4, -0.2) is 30.4 Å². The third-order valence-corrected chi connectivity index (χ3v) is 3.90. The highest BCUT2D eigenvalue weighted by molar-refractivity contribution is 7.14. The molecule has 0 saturated carbocycles. The van der Waals surface area contributed by atoms with Crippen molar-refractivity contribution in [3.05, 3.63) is 29.3 Å². The van der Waals surface area contributed by atoms with Crippen molar-refractivity contribution in [2.75, 3.05) is 20.2 Å². The monoisotopic (exact) mass is 291 g/mol. The summed E-state index contributed by atoms with van der Waals surface area (Å²) in [6.45, 7) is 6.42. The molecule has 0 amide bonds. The molecule has 2 aromatic rings. The number of hydrogen-bond donors (Lipinski definition) is 1. The Morgan fingerprint density at radius 3 is 2.60 bits per heavy atom. The van der Waals surface area contributed by atoms with Crippen molar-refractivity contribution in [2.24, 2.45) is 5.92 Å². The number of nitrogens with one attached hydrogen (secondary N) is 1. The summed E-state index contributed by atoms with van der Waals surface area (Å²) in [7, 11) is 1.67. The summed E-state index contributed by atoms with van der Waals surface area (Å²) in [5.41, 5.74) is 1.09. The third-order valence-electron chi connectivity index (χ3n) is 2.87. The van der Waals surface area contributed by atoms with Crippen LogP contribution in [0.15, 0.2) is 24.3 Å². The van der Waals surface area contributed by atoms with Gasteiger partial charge in [0.2, 0.25) is 0 Å². The summed E-state index contributed by atoms with van der Waals surface area (Å²) in [6.07, 6.45) is 0.931. The lowest BCUT2D eigenvalue weighted by molar-refractivity contribution is 0.415. The molecule has 5 heteroatoms. The predicted molar refractivity (Wildman–Crippen MR) is 83.3 cm³/mol. The molecule has 0 aliphatic heterocycles. The molecule has 0 atom stereocenters. The standard InChI is InChI=1S/C15H21N3OS/c1-11(2)10-16-9-8-14-17-18-15(20-14)12-4-6-13(19-3)7-5-12/h4-7,11,16H,8-10H2,1-3H3. The molecule has 0 aliphatic rings. The molecule has 0 fully saturated rings. The zero-order valence-electron chi connectivity index (χ0n) is 12.2. The van der Waals surface area contributed by atoms with Gasteiger partial charge >= 0.3 is 0 Å². The van der Waals surface area contributed by atoms with Gasteiger partial charge in [-0.2, -0.15) is 0 Å². The van der Waals surface area contributed by atoms with E-state index >= 15 is 0 Å². The van der Waals surface area contributed by atoms with Gasteiger partial charge in [-0.25, -0.2) is 0 Å². The fraction of sp³-hybridized carbons (Fsp3) is 0.467. The van der Waals surface area contributed by atoms with E-state index < -0.39 is 0 Å². The first kappa shape index (κ1) is 14.9. The van der Waals surface area contributed by atoms with Crippen LogP contribution in [0.4, 0.5) is 0 Å². The SMILES string of the molecule is COc1ccc(-c2nnc(CCNCC(C)C)s2)cc1. The number of hydrogen-bond acceptors (Lipinski definition) is 5. The number of rotatable bonds is 7. The van der Waals surface area contributed by atoms with E-state index in [1.807, 2.05) is 24.3 Å². The molecule has 1 heterocycles. The molecule has 1 N–H and O–H groups in total. The Labute approximate surface area is 124 Å². The average molecular weight is 291 g/mol. The van der Waals surface area contributed by atoms with Gasteiger partial charge in [-0.1, -0.05) is 25.2 Å². The molecule has 1 aromatic carbocycles. The van der Waals surface area contributed by atoms with E-state index in [0.717, 1.165) is 40.8 Å². The van der Waals surface area contributed by atoms with Crippen LogP contribution in [0.2, 0.25) is 0 Å². The fourth-order valence-electron chi connectivity index (χ4n) is 1.79. The maximum Gasteiger partial charge on any atom is 0.147 e. The number of ether oxygens (including phenoxy) is 1. The summed E-state index contributed by atoms with van der Waals surface area (Å²) >= 11 is 1.66. The number of benzene rings is 1. The maximum absolute atomic E-state index is 5.15. The van der Waals surface area contributed by atoms with Crippen molar-refractivity contribution in [3.8, 4) is 16.3 Å². The summed E-state index contributed by atoms with van der Waals surface area (Å²) < 4.78 is 5.15. The van der Waals surface area contributed by atoms with Crippen molar-refractivity contribution in [3.63, 3.8) is 0 Å². The molecular formula is C15H21N3OS. The van der Waals surface area contributed by atoms with Crippen molar-refractivity contribution < 1.29 is 4.74 Å². The van der Waals surface area contributed by atoms with Crippen molar-refractivity contribution in [1.82, 2.24) is 15.5 Å². The van der Waals surface area contributed by atoms with Crippen molar-refractivity contribution in [2.45, 2.75) is 20.3 Å². The molecule has 2 rings (SSSR count). The lowest BCUT2D eigenvalue weighted by Gasteiger charge is -2.05. The topological polar surface area (TPSA) is 47.0 Å². The van der Waals surface area contributed by atoms with E-state index in [1.165, 1.54) is 0 Å². The van der Waals surface area contributed by atoms with Crippen LogP contribution in [0.5, 0.6) is 5.75 Å². The van der Waals surface area contributed by atoms with Gasteiger partial charge in [0.25, 0.3) is 0 Å². The van der Waals surface area contributed by atoms with E-state index in [0.29, 0.717) is 5.92 Å². The van der Waals surface area contributed by atoms with E-state index in [4.69, 9.17) is 4.74 Å². The molecule has 0 bridgehead atoms. The molecule has 0 spiro atoms. The van der Waals surface area contributed by atoms with Gasteiger partial charge in [0.05, 0.1) is 7.11 Å². The Morgan fingerprint density at radius 2 is 1.95 bits per heavy atom. The third kappa shape index (κ3) is 4.28.